The molecule has 128 valence electrons. The summed E-state index contributed by atoms with van der Waals surface area (Å²) in [4.78, 5) is 22.2. The van der Waals surface area contributed by atoms with Crippen molar-refractivity contribution in [2.45, 2.75) is 38.6 Å². The van der Waals surface area contributed by atoms with Crippen LogP contribution in [-0.2, 0) is 4.79 Å². The second-order valence-corrected chi connectivity index (χ2v) is 5.55. The Morgan fingerprint density at radius 1 is 1.52 bits per heavy atom. The molecule has 0 aromatic heterocycles. The van der Waals surface area contributed by atoms with Crippen molar-refractivity contribution >= 4 is 23.2 Å². The van der Waals surface area contributed by atoms with Gasteiger partial charge >= 0.3 is 5.69 Å². The monoisotopic (exact) mass is 343 g/mol. The Kier molecular flexibility index (Phi) is 8.36. The molecule has 1 aromatic rings. The van der Waals surface area contributed by atoms with E-state index in [0.29, 0.717) is 6.54 Å². The van der Waals surface area contributed by atoms with Crippen molar-refractivity contribution in [3.8, 4) is 5.75 Å². The molecule has 1 aromatic carbocycles. The van der Waals surface area contributed by atoms with Gasteiger partial charge in [-0.1, -0.05) is 31.4 Å². The lowest BCUT2D eigenvalue weighted by atomic mass is 10.1. The molecule has 0 aliphatic rings. The Bertz CT molecular complexity index is 539. The highest BCUT2D eigenvalue weighted by molar-refractivity contribution is 6.30. The van der Waals surface area contributed by atoms with Crippen molar-refractivity contribution in [3.63, 3.8) is 0 Å². The number of carbonyl (C=O) groups is 1. The van der Waals surface area contributed by atoms with Crippen LogP contribution in [0.1, 0.15) is 32.6 Å². The number of nitro groups is 1. The van der Waals surface area contributed by atoms with Crippen molar-refractivity contribution < 1.29 is 14.5 Å². The molecule has 0 fully saturated rings. The number of nitrogens with zero attached hydrogens (tertiary/aromatic N) is 1. The minimum absolute atomic E-state index is 0.0410. The van der Waals surface area contributed by atoms with Crippen LogP contribution < -0.4 is 15.8 Å². The molecule has 0 aliphatic carbocycles. The molecule has 1 rings (SSSR count). The topological polar surface area (TPSA) is 107 Å². The number of halogens is 1. The summed E-state index contributed by atoms with van der Waals surface area (Å²) in [6, 6.07) is 4.08. The van der Waals surface area contributed by atoms with Crippen LogP contribution in [-0.4, -0.2) is 30.0 Å². The van der Waals surface area contributed by atoms with Crippen molar-refractivity contribution in [1.29, 1.82) is 0 Å². The number of carbonyl (C=O) groups excluding carboxylic acids is 1. The molecule has 0 aliphatic heterocycles. The van der Waals surface area contributed by atoms with Crippen molar-refractivity contribution in [1.82, 2.24) is 5.32 Å². The molecule has 1 unspecified atom stereocenters. The highest BCUT2D eigenvalue weighted by atomic mass is 35.5. The summed E-state index contributed by atoms with van der Waals surface area (Å²) in [6.45, 7) is 2.50. The van der Waals surface area contributed by atoms with Gasteiger partial charge < -0.3 is 15.8 Å². The van der Waals surface area contributed by atoms with Crippen LogP contribution in [0.3, 0.4) is 0 Å². The zero-order chi connectivity index (χ0) is 17.2. The number of benzene rings is 1. The first-order valence-corrected chi connectivity index (χ1v) is 7.91. The van der Waals surface area contributed by atoms with E-state index in [4.69, 9.17) is 22.1 Å². The highest BCUT2D eigenvalue weighted by Gasteiger charge is 2.16. The van der Waals surface area contributed by atoms with Gasteiger partial charge in [0.05, 0.1) is 18.0 Å². The van der Waals surface area contributed by atoms with Crippen LogP contribution in [0.25, 0.3) is 0 Å². The minimum atomic E-state index is -0.573. The highest BCUT2D eigenvalue weighted by Crippen LogP contribution is 2.29. The molecular weight excluding hydrogens is 322 g/mol. The summed E-state index contributed by atoms with van der Waals surface area (Å²) in [5.74, 6) is -0.0956. The lowest BCUT2D eigenvalue weighted by molar-refractivity contribution is -0.385. The number of nitrogens with two attached hydrogens (primary N) is 1. The lowest BCUT2D eigenvalue weighted by Crippen LogP contribution is -2.40. The zero-order valence-electron chi connectivity index (χ0n) is 13.1. The van der Waals surface area contributed by atoms with Gasteiger partial charge in [-0.3, -0.25) is 14.9 Å². The van der Waals surface area contributed by atoms with Crippen LogP contribution in [0.5, 0.6) is 5.75 Å². The quantitative estimate of drug-likeness (QED) is 0.501. The van der Waals surface area contributed by atoms with Gasteiger partial charge in [0.1, 0.15) is 0 Å². The number of nitro benzene ring substituents is 1. The number of amides is 1. The molecule has 7 nitrogen and oxygen atoms in total. The molecule has 1 atom stereocenters. The molecule has 0 saturated heterocycles. The number of hydrogen-bond acceptors (Lipinski definition) is 5. The largest absolute Gasteiger partial charge is 0.486 e. The first-order valence-electron chi connectivity index (χ1n) is 7.54. The fourth-order valence-corrected chi connectivity index (χ4v) is 2.17. The number of unbranched alkanes of at least 4 members (excludes halogenated alkanes) is 1. The summed E-state index contributed by atoms with van der Waals surface area (Å²) in [5.41, 5.74) is 5.39. The average molecular weight is 344 g/mol. The van der Waals surface area contributed by atoms with E-state index in [9.17, 15) is 14.9 Å². The van der Waals surface area contributed by atoms with Crippen molar-refractivity contribution in [2.75, 3.05) is 13.2 Å². The van der Waals surface area contributed by atoms with Crippen LogP contribution in [0.15, 0.2) is 18.2 Å². The second-order valence-electron chi connectivity index (χ2n) is 5.11. The first kappa shape index (κ1) is 19.2. The van der Waals surface area contributed by atoms with Gasteiger partial charge in [0.2, 0.25) is 5.91 Å². The Morgan fingerprint density at radius 3 is 2.87 bits per heavy atom. The molecular formula is C15H22ClN3O4. The van der Waals surface area contributed by atoms with Crippen LogP contribution in [0, 0.1) is 10.1 Å². The molecule has 0 bridgehead atoms. The average Bonchev–Trinajstić information content (AvgIpc) is 2.52. The zero-order valence-corrected chi connectivity index (χ0v) is 13.8. The molecule has 0 radical (unpaired) electrons. The van der Waals surface area contributed by atoms with E-state index in [-0.39, 0.29) is 41.4 Å². The van der Waals surface area contributed by atoms with Crippen molar-refractivity contribution in [3.05, 3.63) is 33.3 Å². The van der Waals surface area contributed by atoms with Crippen LogP contribution in [0.4, 0.5) is 5.69 Å². The van der Waals surface area contributed by atoms with Crippen LogP contribution in [0.2, 0.25) is 5.02 Å². The molecule has 0 saturated carbocycles. The Labute approximate surface area is 140 Å². The predicted molar refractivity (Wildman–Crippen MR) is 88.7 cm³/mol. The third-order valence-electron chi connectivity index (χ3n) is 3.26. The van der Waals surface area contributed by atoms with E-state index in [2.05, 4.69) is 12.2 Å². The van der Waals surface area contributed by atoms with E-state index >= 15 is 0 Å². The number of ether oxygens (including phenoxy) is 1. The summed E-state index contributed by atoms with van der Waals surface area (Å²) in [7, 11) is 0. The maximum absolute atomic E-state index is 11.8. The number of hydrogen-bond donors (Lipinski definition) is 2. The summed E-state index contributed by atoms with van der Waals surface area (Å²) < 4.78 is 5.33. The fraction of sp³-hybridized carbons (Fsp3) is 0.533. The van der Waals surface area contributed by atoms with Gasteiger partial charge in [0.25, 0.3) is 0 Å². The second kappa shape index (κ2) is 10.0. The molecule has 3 N–H and O–H groups in total. The van der Waals surface area contributed by atoms with E-state index in [1.165, 1.54) is 18.2 Å². The van der Waals surface area contributed by atoms with E-state index in [1.54, 1.807) is 0 Å². The van der Waals surface area contributed by atoms with E-state index < -0.39 is 4.92 Å². The maximum Gasteiger partial charge on any atom is 0.312 e. The number of nitrogens with one attached hydrogen (secondary N) is 1. The smallest absolute Gasteiger partial charge is 0.312 e. The fourth-order valence-electron chi connectivity index (χ4n) is 2.01. The third kappa shape index (κ3) is 6.83. The molecule has 0 heterocycles. The van der Waals surface area contributed by atoms with Gasteiger partial charge in [-0.05, 0) is 18.6 Å². The van der Waals surface area contributed by atoms with Crippen LogP contribution >= 0.6 is 11.6 Å². The predicted octanol–water partition coefficient (Wildman–Crippen LogP) is 2.65. The minimum Gasteiger partial charge on any atom is -0.486 e. The first-order chi connectivity index (χ1) is 11.0. The van der Waals surface area contributed by atoms with E-state index in [1.807, 2.05) is 0 Å². The van der Waals surface area contributed by atoms with Gasteiger partial charge in [-0.25, -0.2) is 0 Å². The Balaban J connectivity index is 2.47. The molecule has 0 spiro atoms. The molecule has 1 amide bonds. The SMILES string of the molecule is CCCCC(CN)NC(=O)CCOc1ccc(Cl)cc1[N+](=O)[O-]. The lowest BCUT2D eigenvalue weighted by Gasteiger charge is -2.16. The third-order valence-corrected chi connectivity index (χ3v) is 3.50. The van der Waals surface area contributed by atoms with Gasteiger partial charge in [-0.2, -0.15) is 0 Å². The van der Waals surface area contributed by atoms with Gasteiger partial charge in [-0.15, -0.1) is 0 Å². The Morgan fingerprint density at radius 2 is 2.26 bits per heavy atom. The van der Waals surface area contributed by atoms with Crippen molar-refractivity contribution in [2.24, 2.45) is 5.73 Å². The molecule has 23 heavy (non-hydrogen) atoms. The standard InChI is InChI=1S/C15H22ClN3O4/c1-2-3-4-12(10-17)18-15(20)7-8-23-14-6-5-11(16)9-13(14)19(21)22/h5-6,9,12H,2-4,7-8,10,17H2,1H3,(H,18,20). The summed E-state index contributed by atoms with van der Waals surface area (Å²) >= 11 is 5.72. The van der Waals surface area contributed by atoms with Gasteiger partial charge in [0.15, 0.2) is 5.75 Å². The molecule has 8 heteroatoms. The maximum atomic E-state index is 11.8. The summed E-state index contributed by atoms with van der Waals surface area (Å²) in [6.07, 6.45) is 2.97. The Hall–Kier alpha value is -1.86. The normalized spacial score (nSPS) is 11.8. The van der Waals surface area contributed by atoms with Gasteiger partial charge in [0, 0.05) is 23.7 Å². The summed E-state index contributed by atoms with van der Waals surface area (Å²) in [5, 5.41) is 14.0. The van der Waals surface area contributed by atoms with E-state index in [0.717, 1.165) is 19.3 Å². The number of rotatable bonds is 10.